The monoisotopic (exact) mass is 419 g/mol. The van der Waals surface area contributed by atoms with Crippen LogP contribution in [0.2, 0.25) is 0 Å². The molecule has 1 aliphatic rings. The van der Waals surface area contributed by atoms with Gasteiger partial charge in [-0.3, -0.25) is 9.69 Å². The van der Waals surface area contributed by atoms with Gasteiger partial charge in [-0.15, -0.1) is 0 Å². The van der Waals surface area contributed by atoms with Gasteiger partial charge in [0.1, 0.15) is 0 Å². The summed E-state index contributed by atoms with van der Waals surface area (Å²) in [5, 5.41) is 0. The topological polar surface area (TPSA) is 80.6 Å². The maximum Gasteiger partial charge on any atom is 0.266 e. The molecule has 2 aromatic rings. The Balaban J connectivity index is 1.66. The Bertz CT molecular complexity index is 959. The van der Waals surface area contributed by atoms with Crippen LogP contribution in [0.4, 0.5) is 0 Å². The van der Waals surface area contributed by atoms with Crippen molar-refractivity contribution in [2.75, 3.05) is 32.8 Å². The Morgan fingerprint density at radius 2 is 1.72 bits per heavy atom. The van der Waals surface area contributed by atoms with Crippen molar-refractivity contribution in [3.8, 4) is 0 Å². The number of carbonyl (C=O) groups excluding carboxylic acids is 1. The number of carbonyl (C=O) groups is 1. The molecule has 0 saturated carbocycles. The highest BCUT2D eigenvalue weighted by atomic mass is 32.2. The molecule has 158 valence electrons. The number of nitrogens with zero attached hydrogens (tertiary/aromatic N) is 2. The molecule has 7 nitrogen and oxygen atoms in total. The Labute approximate surface area is 172 Å². The van der Waals surface area contributed by atoms with Crippen LogP contribution < -0.4 is 4.72 Å². The highest BCUT2D eigenvalue weighted by molar-refractivity contribution is 7.90. The van der Waals surface area contributed by atoms with E-state index in [0.717, 1.165) is 62.8 Å². The van der Waals surface area contributed by atoms with Gasteiger partial charge in [-0.1, -0.05) is 17.7 Å². The molecular formula is C21H29N3O4S. The van der Waals surface area contributed by atoms with Gasteiger partial charge in [0.15, 0.2) is 0 Å². The zero-order valence-corrected chi connectivity index (χ0v) is 18.1. The molecule has 0 bridgehead atoms. The number of morpholine rings is 1. The Morgan fingerprint density at radius 3 is 2.38 bits per heavy atom. The molecule has 0 radical (unpaired) electrons. The standard InChI is InChI=1S/C21H29N3O4S/c1-16-5-7-19(8-6-16)29(26,27)22-21(25)20-15-17(2)24(18(20)3)10-4-9-23-11-13-28-14-12-23/h5-8,15H,4,9-14H2,1-3H3,(H,22,25). The molecule has 0 aliphatic carbocycles. The van der Waals surface area contributed by atoms with E-state index in [2.05, 4.69) is 14.2 Å². The summed E-state index contributed by atoms with van der Waals surface area (Å²) in [6.07, 6.45) is 0.957. The summed E-state index contributed by atoms with van der Waals surface area (Å²) < 4.78 is 34.7. The van der Waals surface area contributed by atoms with Crippen LogP contribution in [0.5, 0.6) is 0 Å². The van der Waals surface area contributed by atoms with Crippen LogP contribution in [0.3, 0.4) is 0 Å². The lowest BCUT2D eigenvalue weighted by Crippen LogP contribution is -2.37. The van der Waals surface area contributed by atoms with Crippen LogP contribution in [-0.4, -0.2) is 56.6 Å². The molecule has 0 unspecified atom stereocenters. The van der Waals surface area contributed by atoms with Crippen molar-refractivity contribution in [1.29, 1.82) is 0 Å². The molecule has 1 fully saturated rings. The number of benzene rings is 1. The quantitative estimate of drug-likeness (QED) is 0.745. The molecule has 29 heavy (non-hydrogen) atoms. The molecule has 1 aromatic carbocycles. The van der Waals surface area contributed by atoms with E-state index in [1.165, 1.54) is 12.1 Å². The highest BCUT2D eigenvalue weighted by Gasteiger charge is 2.22. The van der Waals surface area contributed by atoms with E-state index in [1.54, 1.807) is 18.2 Å². The average Bonchev–Trinajstić information content (AvgIpc) is 2.97. The maximum absolute atomic E-state index is 12.7. The van der Waals surface area contributed by atoms with E-state index in [-0.39, 0.29) is 4.90 Å². The van der Waals surface area contributed by atoms with Crippen LogP contribution in [0.15, 0.2) is 35.2 Å². The Morgan fingerprint density at radius 1 is 1.07 bits per heavy atom. The first-order valence-corrected chi connectivity index (χ1v) is 11.4. The van der Waals surface area contributed by atoms with Crippen molar-refractivity contribution in [3.63, 3.8) is 0 Å². The zero-order valence-electron chi connectivity index (χ0n) is 17.3. The predicted octanol–water partition coefficient (Wildman–Crippen LogP) is 2.25. The zero-order chi connectivity index (χ0) is 21.0. The fraction of sp³-hybridized carbons (Fsp3) is 0.476. The van der Waals surface area contributed by atoms with Crippen LogP contribution >= 0.6 is 0 Å². The number of aryl methyl sites for hydroxylation is 2. The van der Waals surface area contributed by atoms with Crippen molar-refractivity contribution in [2.24, 2.45) is 0 Å². The van der Waals surface area contributed by atoms with E-state index >= 15 is 0 Å². The van der Waals surface area contributed by atoms with Crippen LogP contribution in [0.1, 0.15) is 33.7 Å². The van der Waals surface area contributed by atoms with Gasteiger partial charge in [0.05, 0.1) is 23.7 Å². The van der Waals surface area contributed by atoms with Gasteiger partial charge < -0.3 is 9.30 Å². The summed E-state index contributed by atoms with van der Waals surface area (Å²) in [5.74, 6) is -0.599. The smallest absolute Gasteiger partial charge is 0.266 e. The van der Waals surface area contributed by atoms with Gasteiger partial charge in [-0.05, 0) is 45.4 Å². The molecule has 8 heteroatoms. The second kappa shape index (κ2) is 9.11. The Hall–Kier alpha value is -2.16. The Kier molecular flexibility index (Phi) is 6.77. The number of rotatable bonds is 7. The first-order valence-electron chi connectivity index (χ1n) is 9.88. The molecule has 3 rings (SSSR count). The van der Waals surface area contributed by atoms with Crippen LogP contribution in [0, 0.1) is 20.8 Å². The summed E-state index contributed by atoms with van der Waals surface area (Å²) in [6, 6.07) is 8.17. The lowest BCUT2D eigenvalue weighted by Gasteiger charge is -2.26. The van der Waals surface area contributed by atoms with Gasteiger partial charge in [0.2, 0.25) is 0 Å². The largest absolute Gasteiger partial charge is 0.379 e. The summed E-state index contributed by atoms with van der Waals surface area (Å²) >= 11 is 0. The number of aromatic nitrogens is 1. The number of hydrogen-bond donors (Lipinski definition) is 1. The predicted molar refractivity (Wildman–Crippen MR) is 112 cm³/mol. The second-order valence-corrected chi connectivity index (χ2v) is 9.17. The van der Waals surface area contributed by atoms with Gasteiger partial charge in [0, 0.05) is 37.6 Å². The second-order valence-electron chi connectivity index (χ2n) is 7.49. The molecule has 1 amide bonds. The minimum absolute atomic E-state index is 0.0794. The van der Waals surface area contributed by atoms with E-state index in [1.807, 2.05) is 20.8 Å². The number of amides is 1. The van der Waals surface area contributed by atoms with Gasteiger partial charge >= 0.3 is 0 Å². The van der Waals surface area contributed by atoms with Crippen molar-refractivity contribution < 1.29 is 17.9 Å². The number of hydrogen-bond acceptors (Lipinski definition) is 5. The number of nitrogens with one attached hydrogen (secondary N) is 1. The summed E-state index contributed by atoms with van der Waals surface area (Å²) in [4.78, 5) is 15.1. The molecular weight excluding hydrogens is 390 g/mol. The first-order chi connectivity index (χ1) is 13.8. The third kappa shape index (κ3) is 5.26. The molecule has 0 spiro atoms. The third-order valence-electron chi connectivity index (χ3n) is 5.34. The maximum atomic E-state index is 12.7. The molecule has 1 N–H and O–H groups in total. The van der Waals surface area contributed by atoms with Gasteiger partial charge in [-0.25, -0.2) is 13.1 Å². The summed E-state index contributed by atoms with van der Waals surface area (Å²) in [5.41, 5.74) is 3.07. The highest BCUT2D eigenvalue weighted by Crippen LogP contribution is 2.17. The fourth-order valence-electron chi connectivity index (χ4n) is 3.61. The van der Waals surface area contributed by atoms with Crippen molar-refractivity contribution in [1.82, 2.24) is 14.2 Å². The normalized spacial score (nSPS) is 15.4. The third-order valence-corrected chi connectivity index (χ3v) is 6.68. The number of ether oxygens (including phenoxy) is 1. The van der Waals surface area contributed by atoms with Crippen molar-refractivity contribution >= 4 is 15.9 Å². The average molecular weight is 420 g/mol. The van der Waals surface area contributed by atoms with E-state index in [0.29, 0.717) is 5.56 Å². The minimum atomic E-state index is -3.90. The van der Waals surface area contributed by atoms with Crippen molar-refractivity contribution in [2.45, 2.75) is 38.6 Å². The van der Waals surface area contributed by atoms with Crippen LogP contribution in [0.25, 0.3) is 0 Å². The minimum Gasteiger partial charge on any atom is -0.379 e. The molecule has 1 aliphatic heterocycles. The van der Waals surface area contributed by atoms with Gasteiger partial charge in [0.25, 0.3) is 15.9 Å². The lowest BCUT2D eigenvalue weighted by atomic mass is 10.2. The van der Waals surface area contributed by atoms with E-state index < -0.39 is 15.9 Å². The van der Waals surface area contributed by atoms with Gasteiger partial charge in [-0.2, -0.15) is 0 Å². The van der Waals surface area contributed by atoms with E-state index in [9.17, 15) is 13.2 Å². The fourth-order valence-corrected chi connectivity index (χ4v) is 4.57. The molecule has 2 heterocycles. The molecule has 1 saturated heterocycles. The van der Waals surface area contributed by atoms with Crippen molar-refractivity contribution in [3.05, 3.63) is 52.8 Å². The summed E-state index contributed by atoms with van der Waals surface area (Å²) in [7, 11) is -3.90. The lowest BCUT2D eigenvalue weighted by molar-refractivity contribution is 0.0369. The first kappa shape index (κ1) is 21.5. The molecule has 1 aromatic heterocycles. The number of sulfonamides is 1. The molecule has 0 atom stereocenters. The SMILES string of the molecule is Cc1ccc(S(=O)(=O)NC(=O)c2cc(C)n(CCCN3CCOCC3)c2C)cc1. The van der Waals surface area contributed by atoms with E-state index in [4.69, 9.17) is 4.74 Å². The summed E-state index contributed by atoms with van der Waals surface area (Å²) in [6.45, 7) is 10.9. The van der Waals surface area contributed by atoms with Crippen LogP contribution in [-0.2, 0) is 21.3 Å².